The third kappa shape index (κ3) is 11.6. The smallest absolute Gasteiger partial charge is 0.303 e. The zero-order valence-corrected chi connectivity index (χ0v) is 34.6. The maximum atomic E-state index is 12.8. The third-order valence-corrected chi connectivity index (χ3v) is 12.2. The molecule has 0 amide bonds. The molecule has 3 aliphatic rings. The predicted molar refractivity (Wildman–Crippen MR) is 203 cm³/mol. The minimum Gasteiger partial charge on any atom is -0.459 e. The van der Waals surface area contributed by atoms with Gasteiger partial charge in [-0.25, -0.2) is 0 Å². The van der Waals surface area contributed by atoms with Gasteiger partial charge >= 0.3 is 17.9 Å². The van der Waals surface area contributed by atoms with Crippen LogP contribution in [0.15, 0.2) is 34.9 Å². The highest BCUT2D eigenvalue weighted by molar-refractivity contribution is 5.87. The molecule has 2 aliphatic carbocycles. The minimum absolute atomic E-state index is 0.131. The maximum Gasteiger partial charge on any atom is 0.303 e. The first-order valence-electron chi connectivity index (χ1n) is 19.5. The molecule has 0 radical (unpaired) electrons. The summed E-state index contributed by atoms with van der Waals surface area (Å²) < 4.78 is 29.4. The lowest BCUT2D eigenvalue weighted by atomic mass is 9.58. The molecule has 55 heavy (non-hydrogen) atoms. The molecule has 13 heteroatoms. The van der Waals surface area contributed by atoms with E-state index in [4.69, 9.17) is 23.7 Å². The van der Waals surface area contributed by atoms with Gasteiger partial charge in [-0.3, -0.25) is 19.2 Å². The highest BCUT2D eigenvalue weighted by Gasteiger charge is 2.55. The van der Waals surface area contributed by atoms with Crippen LogP contribution in [-0.2, 0) is 42.9 Å². The standard InChI is InChI=1S/C42H66O13/c1-23(12-15-29(51-26(4)44)20-25(3)31(52-27(5)45)21-30-24(2)14-17-34(47)40(30,7)8)13-16-33-41(9,10)35(18-19-42(33,11)55-28(6)46)54-39-38(50)37(49)36(48)32(22-43)53-39/h12,14,20,29-33,35-39,43,48-50H,13,15-19,21-22H2,1-11H3/b23-12+,25-20+/t29?,30?,31?,32-,33-,35-,36+,37+,38-,39+,42-/m1/s1. The van der Waals surface area contributed by atoms with E-state index in [0.29, 0.717) is 50.5 Å². The second kappa shape index (κ2) is 19.0. The predicted octanol–water partition coefficient (Wildman–Crippen LogP) is 4.81. The monoisotopic (exact) mass is 778 g/mol. The van der Waals surface area contributed by atoms with Crippen LogP contribution in [0.2, 0.25) is 0 Å². The van der Waals surface area contributed by atoms with Crippen molar-refractivity contribution in [3.8, 4) is 0 Å². The molecule has 3 unspecified atom stereocenters. The summed E-state index contributed by atoms with van der Waals surface area (Å²) in [5, 5.41) is 41.0. The van der Waals surface area contributed by atoms with E-state index < -0.39 is 90.0 Å². The Morgan fingerprint density at radius 2 is 1.58 bits per heavy atom. The van der Waals surface area contributed by atoms with E-state index in [1.807, 2.05) is 67.5 Å². The van der Waals surface area contributed by atoms with Crippen molar-refractivity contribution < 1.29 is 63.3 Å². The fraction of sp³-hybridized carbons (Fsp3) is 0.762. The molecule has 11 atom stereocenters. The number of esters is 3. The molecule has 1 saturated heterocycles. The van der Waals surface area contributed by atoms with Crippen molar-refractivity contribution >= 4 is 23.7 Å². The maximum absolute atomic E-state index is 12.8. The lowest BCUT2D eigenvalue weighted by Crippen LogP contribution is -2.62. The van der Waals surface area contributed by atoms with Gasteiger partial charge in [-0.1, -0.05) is 51.0 Å². The zero-order valence-electron chi connectivity index (χ0n) is 34.6. The van der Waals surface area contributed by atoms with Crippen LogP contribution in [0.25, 0.3) is 0 Å². The second-order valence-electron chi connectivity index (χ2n) is 17.2. The molecule has 312 valence electrons. The molecule has 0 aromatic heterocycles. The van der Waals surface area contributed by atoms with E-state index in [9.17, 15) is 39.6 Å². The molecule has 1 heterocycles. The molecule has 0 spiro atoms. The molecular weight excluding hydrogens is 712 g/mol. The molecule has 0 aromatic rings. The molecule has 4 N–H and O–H groups in total. The van der Waals surface area contributed by atoms with Crippen molar-refractivity contribution in [2.45, 2.75) is 176 Å². The lowest BCUT2D eigenvalue weighted by molar-refractivity contribution is -0.327. The molecule has 0 aromatic carbocycles. The lowest BCUT2D eigenvalue weighted by Gasteiger charge is -2.54. The van der Waals surface area contributed by atoms with Crippen molar-refractivity contribution in [2.24, 2.45) is 22.7 Å². The van der Waals surface area contributed by atoms with E-state index in [0.717, 1.165) is 11.1 Å². The van der Waals surface area contributed by atoms with Crippen molar-refractivity contribution in [3.63, 3.8) is 0 Å². The Hall–Kier alpha value is -2.94. The summed E-state index contributed by atoms with van der Waals surface area (Å²) in [5.41, 5.74) is 0.668. The van der Waals surface area contributed by atoms with Crippen molar-refractivity contribution in [1.82, 2.24) is 0 Å². The summed E-state index contributed by atoms with van der Waals surface area (Å²) in [5.74, 6) is -1.57. The zero-order chi connectivity index (χ0) is 41.6. The molecule has 3 rings (SSSR count). The van der Waals surface area contributed by atoms with Gasteiger partial charge in [0.05, 0.1) is 12.7 Å². The van der Waals surface area contributed by atoms with Crippen molar-refractivity contribution in [3.05, 3.63) is 34.9 Å². The summed E-state index contributed by atoms with van der Waals surface area (Å²) in [4.78, 5) is 49.6. The van der Waals surface area contributed by atoms with Crippen LogP contribution >= 0.6 is 0 Å². The van der Waals surface area contributed by atoms with Crippen LogP contribution in [0.4, 0.5) is 0 Å². The van der Waals surface area contributed by atoms with Gasteiger partial charge in [0.25, 0.3) is 0 Å². The molecule has 1 aliphatic heterocycles. The first kappa shape index (κ1) is 46.4. The summed E-state index contributed by atoms with van der Waals surface area (Å²) in [7, 11) is 0. The number of aliphatic hydroxyl groups excluding tert-OH is 4. The molecular formula is C42H66O13. The van der Waals surface area contributed by atoms with Crippen molar-refractivity contribution in [2.75, 3.05) is 6.61 Å². The number of ether oxygens (including phenoxy) is 5. The van der Waals surface area contributed by atoms with Crippen LogP contribution in [0, 0.1) is 22.7 Å². The third-order valence-electron chi connectivity index (χ3n) is 12.2. The van der Waals surface area contributed by atoms with Gasteiger partial charge in [0, 0.05) is 44.9 Å². The highest BCUT2D eigenvalue weighted by atomic mass is 16.7. The summed E-state index contributed by atoms with van der Waals surface area (Å²) >= 11 is 0. The fourth-order valence-corrected chi connectivity index (χ4v) is 8.89. The summed E-state index contributed by atoms with van der Waals surface area (Å²) in [6.45, 7) is 19.0. The number of hydrogen-bond donors (Lipinski definition) is 4. The van der Waals surface area contributed by atoms with Gasteiger partial charge in [-0.05, 0) is 82.8 Å². The van der Waals surface area contributed by atoms with Gasteiger partial charge in [0.15, 0.2) is 6.29 Å². The van der Waals surface area contributed by atoms with Crippen LogP contribution in [-0.4, -0.2) is 105 Å². The first-order valence-corrected chi connectivity index (χ1v) is 19.5. The van der Waals surface area contributed by atoms with Crippen molar-refractivity contribution in [1.29, 1.82) is 0 Å². The number of aliphatic hydroxyl groups is 4. The van der Waals surface area contributed by atoms with Crippen LogP contribution in [0.1, 0.15) is 121 Å². The van der Waals surface area contributed by atoms with E-state index in [2.05, 4.69) is 0 Å². The number of carbonyl (C=O) groups excluding carboxylic acids is 4. The number of rotatable bonds is 15. The van der Waals surface area contributed by atoms with Gasteiger partial charge < -0.3 is 44.1 Å². The van der Waals surface area contributed by atoms with E-state index in [1.54, 1.807) is 6.08 Å². The van der Waals surface area contributed by atoms with E-state index in [1.165, 1.54) is 20.8 Å². The number of hydrogen-bond acceptors (Lipinski definition) is 13. The first-order chi connectivity index (χ1) is 25.4. The molecule has 0 bridgehead atoms. The number of carbonyl (C=O) groups is 4. The average Bonchev–Trinajstić information content (AvgIpc) is 3.07. The number of ketones is 1. The van der Waals surface area contributed by atoms with Crippen LogP contribution in [0.3, 0.4) is 0 Å². The summed E-state index contributed by atoms with van der Waals surface area (Å²) in [6.07, 6.45) is 0.120. The second-order valence-corrected chi connectivity index (χ2v) is 17.2. The Morgan fingerprint density at radius 1 is 0.945 bits per heavy atom. The Balaban J connectivity index is 1.82. The average molecular weight is 779 g/mol. The van der Waals surface area contributed by atoms with Gasteiger partial charge in [-0.15, -0.1) is 0 Å². The molecule has 13 nitrogen and oxygen atoms in total. The Bertz CT molecular complexity index is 1470. The molecule has 1 saturated carbocycles. The Labute approximate surface area is 326 Å². The number of allylic oxidation sites excluding steroid dienone is 3. The Morgan fingerprint density at radius 3 is 2.16 bits per heavy atom. The SMILES string of the molecule is CC(=O)OC(/C=C(\C)C(CC1C(C)=CCC(=O)C1(C)C)OC(C)=O)C/C=C(\C)CC[C@@H]1C(C)(C)[C@H](O[C@@H]2O[C@H](CO)[C@H](O)[C@H](O)[C@H]2O)CC[C@@]1(C)OC(C)=O. The van der Waals surface area contributed by atoms with E-state index >= 15 is 0 Å². The normalized spacial score (nSPS) is 33.6. The Kier molecular flexibility index (Phi) is 16.0. The van der Waals surface area contributed by atoms with Gasteiger partial charge in [0.1, 0.15) is 48.0 Å². The largest absolute Gasteiger partial charge is 0.459 e. The minimum atomic E-state index is -1.57. The molecule has 2 fully saturated rings. The quantitative estimate of drug-likeness (QED) is 0.101. The fourth-order valence-electron chi connectivity index (χ4n) is 8.89. The van der Waals surface area contributed by atoms with Gasteiger partial charge in [-0.2, -0.15) is 0 Å². The van der Waals surface area contributed by atoms with Crippen LogP contribution in [0.5, 0.6) is 0 Å². The summed E-state index contributed by atoms with van der Waals surface area (Å²) in [6, 6.07) is 0. The number of Topliss-reactive ketones (excluding diaryl/α,β-unsaturated/α-hetero) is 1. The highest BCUT2D eigenvalue weighted by Crippen LogP contribution is 2.52. The van der Waals surface area contributed by atoms with Crippen LogP contribution < -0.4 is 0 Å². The van der Waals surface area contributed by atoms with Gasteiger partial charge in [0.2, 0.25) is 0 Å². The topological polar surface area (TPSA) is 195 Å². The van der Waals surface area contributed by atoms with E-state index in [-0.39, 0.29) is 17.6 Å².